The van der Waals surface area contributed by atoms with Crippen LogP contribution in [0.5, 0.6) is 0 Å². The fourth-order valence-electron chi connectivity index (χ4n) is 1.62. The number of amides is 1. The molecular weight excluding hydrogens is 349 g/mol. The highest BCUT2D eigenvalue weighted by Crippen LogP contribution is 2.24. The van der Waals surface area contributed by atoms with Crippen LogP contribution < -0.4 is 0 Å². The summed E-state index contributed by atoms with van der Waals surface area (Å²) in [6.07, 6.45) is 0. The van der Waals surface area contributed by atoms with E-state index >= 15 is 0 Å². The molecule has 0 spiro atoms. The van der Waals surface area contributed by atoms with Crippen molar-refractivity contribution in [3.63, 3.8) is 0 Å². The maximum Gasteiger partial charge on any atom is 0.260 e. The van der Waals surface area contributed by atoms with E-state index in [1.165, 1.54) is 0 Å². The Bertz CT molecular complexity index is 506. The SMILES string of the molecule is CC(C)N(CCBr)C(=O)c1c(F)c(F)c(F)c(F)c1F. The van der Waals surface area contributed by atoms with Crippen LogP contribution in [0.25, 0.3) is 0 Å². The number of benzene rings is 1. The van der Waals surface area contributed by atoms with Crippen molar-refractivity contribution in [1.29, 1.82) is 0 Å². The van der Waals surface area contributed by atoms with Crippen LogP contribution in [0.1, 0.15) is 24.2 Å². The normalized spacial score (nSPS) is 11.1. The van der Waals surface area contributed by atoms with Crippen molar-refractivity contribution in [3.05, 3.63) is 34.6 Å². The molecule has 0 unspecified atom stereocenters. The molecule has 0 aromatic heterocycles. The second kappa shape index (κ2) is 6.51. The number of halogens is 6. The smallest absolute Gasteiger partial charge is 0.260 e. The molecule has 2 nitrogen and oxygen atoms in total. The lowest BCUT2D eigenvalue weighted by Crippen LogP contribution is -2.39. The van der Waals surface area contributed by atoms with Crippen molar-refractivity contribution in [2.24, 2.45) is 0 Å². The number of rotatable bonds is 4. The highest BCUT2D eigenvalue weighted by Gasteiger charge is 2.32. The summed E-state index contributed by atoms with van der Waals surface area (Å²) in [5.41, 5.74) is -1.43. The molecule has 0 aliphatic carbocycles. The van der Waals surface area contributed by atoms with Crippen LogP contribution in [0.3, 0.4) is 0 Å². The fraction of sp³-hybridized carbons (Fsp3) is 0.417. The van der Waals surface area contributed by atoms with Gasteiger partial charge < -0.3 is 4.90 Å². The number of alkyl halides is 1. The highest BCUT2D eigenvalue weighted by atomic mass is 79.9. The summed E-state index contributed by atoms with van der Waals surface area (Å²) in [5, 5.41) is 0.298. The molecule has 1 rings (SSSR count). The lowest BCUT2D eigenvalue weighted by atomic mass is 10.1. The maximum absolute atomic E-state index is 13.5. The predicted octanol–water partition coefficient (Wildman–Crippen LogP) is 3.63. The lowest BCUT2D eigenvalue weighted by molar-refractivity contribution is 0.0706. The Morgan fingerprint density at radius 3 is 1.75 bits per heavy atom. The molecule has 0 radical (unpaired) electrons. The third kappa shape index (κ3) is 2.94. The van der Waals surface area contributed by atoms with Crippen LogP contribution in [0.2, 0.25) is 0 Å². The molecule has 0 bridgehead atoms. The summed E-state index contributed by atoms with van der Waals surface area (Å²) in [6, 6.07) is -0.463. The predicted molar refractivity (Wildman–Crippen MR) is 66.2 cm³/mol. The van der Waals surface area contributed by atoms with Crippen LogP contribution in [-0.4, -0.2) is 28.7 Å². The van der Waals surface area contributed by atoms with Crippen molar-refractivity contribution in [2.45, 2.75) is 19.9 Å². The number of hydrogen-bond donors (Lipinski definition) is 0. The van der Waals surface area contributed by atoms with Gasteiger partial charge in [-0.25, -0.2) is 22.0 Å². The number of hydrogen-bond acceptors (Lipinski definition) is 1. The molecule has 0 aliphatic heterocycles. The zero-order chi connectivity index (χ0) is 15.6. The Labute approximate surface area is 120 Å². The van der Waals surface area contributed by atoms with Crippen molar-refractivity contribution in [2.75, 3.05) is 11.9 Å². The Balaban J connectivity index is 3.43. The molecule has 112 valence electrons. The molecule has 0 fully saturated rings. The summed E-state index contributed by atoms with van der Waals surface area (Å²) >= 11 is 3.05. The van der Waals surface area contributed by atoms with Gasteiger partial charge >= 0.3 is 0 Å². The van der Waals surface area contributed by atoms with Crippen molar-refractivity contribution in [1.82, 2.24) is 4.90 Å². The van der Waals surface area contributed by atoms with E-state index in [2.05, 4.69) is 15.9 Å². The topological polar surface area (TPSA) is 20.3 Å². The van der Waals surface area contributed by atoms with Gasteiger partial charge in [-0.2, -0.15) is 0 Å². The number of carbonyl (C=O) groups is 1. The van der Waals surface area contributed by atoms with Gasteiger partial charge in [-0.15, -0.1) is 0 Å². The molecule has 1 amide bonds. The molecule has 0 aliphatic rings. The van der Waals surface area contributed by atoms with E-state index in [1.54, 1.807) is 13.8 Å². The minimum atomic E-state index is -2.28. The third-order valence-electron chi connectivity index (χ3n) is 2.63. The van der Waals surface area contributed by atoms with Gasteiger partial charge in [0.25, 0.3) is 5.91 Å². The van der Waals surface area contributed by atoms with Crippen LogP contribution >= 0.6 is 15.9 Å². The van der Waals surface area contributed by atoms with Crippen LogP contribution in [-0.2, 0) is 0 Å². The first-order valence-corrected chi connectivity index (χ1v) is 6.74. The minimum absolute atomic E-state index is 0.0655. The summed E-state index contributed by atoms with van der Waals surface area (Å²) in [7, 11) is 0. The second-order valence-corrected chi connectivity index (χ2v) is 5.02. The minimum Gasteiger partial charge on any atom is -0.335 e. The number of carbonyl (C=O) groups excluding carboxylic acids is 1. The number of nitrogens with zero attached hydrogens (tertiary/aromatic N) is 1. The van der Waals surface area contributed by atoms with Gasteiger partial charge in [0.1, 0.15) is 5.56 Å². The van der Waals surface area contributed by atoms with Gasteiger partial charge in [-0.1, -0.05) is 15.9 Å². The average molecular weight is 360 g/mol. The monoisotopic (exact) mass is 359 g/mol. The quantitative estimate of drug-likeness (QED) is 0.348. The first-order chi connectivity index (χ1) is 9.23. The fourth-order valence-corrected chi connectivity index (χ4v) is 2.00. The largest absolute Gasteiger partial charge is 0.335 e. The average Bonchev–Trinajstić information content (AvgIpc) is 2.40. The van der Waals surface area contributed by atoms with Crippen molar-refractivity contribution < 1.29 is 26.7 Å². The molecular formula is C12H11BrF5NO. The van der Waals surface area contributed by atoms with Gasteiger partial charge in [0, 0.05) is 17.9 Å². The van der Waals surface area contributed by atoms with Crippen molar-refractivity contribution >= 4 is 21.8 Å². The molecule has 0 saturated heterocycles. The van der Waals surface area contributed by atoms with Crippen molar-refractivity contribution in [3.8, 4) is 0 Å². The van der Waals surface area contributed by atoms with E-state index in [1.807, 2.05) is 0 Å². The second-order valence-electron chi connectivity index (χ2n) is 4.23. The Hall–Kier alpha value is -1.18. The van der Waals surface area contributed by atoms with E-state index in [4.69, 9.17) is 0 Å². The van der Waals surface area contributed by atoms with Gasteiger partial charge in [-0.05, 0) is 13.8 Å². The summed E-state index contributed by atoms with van der Waals surface area (Å²) < 4.78 is 66.1. The van der Waals surface area contributed by atoms with Gasteiger partial charge in [0.2, 0.25) is 5.82 Å². The van der Waals surface area contributed by atoms with Gasteiger partial charge in [-0.3, -0.25) is 4.79 Å². The first kappa shape index (κ1) is 16.9. The standard InChI is InChI=1S/C12H11BrF5NO/c1-5(2)19(4-3-13)12(20)6-7(14)9(16)11(18)10(17)8(6)15/h5H,3-4H2,1-2H3. The van der Waals surface area contributed by atoms with Crippen LogP contribution in [0.15, 0.2) is 0 Å². The van der Waals surface area contributed by atoms with Gasteiger partial charge in [0.05, 0.1) is 0 Å². The molecule has 20 heavy (non-hydrogen) atoms. The van der Waals surface area contributed by atoms with E-state index in [0.717, 1.165) is 4.90 Å². The molecule has 1 aromatic carbocycles. The van der Waals surface area contributed by atoms with E-state index < -0.39 is 46.6 Å². The Morgan fingerprint density at radius 2 is 1.40 bits per heavy atom. The lowest BCUT2D eigenvalue weighted by Gasteiger charge is -2.26. The molecule has 0 saturated carbocycles. The summed E-state index contributed by atoms with van der Waals surface area (Å²) in [5.74, 6) is -12.0. The Kier molecular flexibility index (Phi) is 5.50. The summed E-state index contributed by atoms with van der Waals surface area (Å²) in [6.45, 7) is 3.19. The highest BCUT2D eigenvalue weighted by molar-refractivity contribution is 9.09. The van der Waals surface area contributed by atoms with E-state index in [0.29, 0.717) is 5.33 Å². The van der Waals surface area contributed by atoms with Gasteiger partial charge in [0.15, 0.2) is 23.3 Å². The molecule has 0 N–H and O–H groups in total. The Morgan fingerprint density at radius 1 is 1.00 bits per heavy atom. The van der Waals surface area contributed by atoms with E-state index in [9.17, 15) is 26.7 Å². The molecule has 8 heteroatoms. The summed E-state index contributed by atoms with van der Waals surface area (Å²) in [4.78, 5) is 13.0. The molecule has 0 heterocycles. The zero-order valence-electron chi connectivity index (χ0n) is 10.6. The zero-order valence-corrected chi connectivity index (χ0v) is 12.2. The van der Waals surface area contributed by atoms with E-state index in [-0.39, 0.29) is 6.54 Å². The molecule has 0 atom stereocenters. The molecule has 1 aromatic rings. The third-order valence-corrected chi connectivity index (χ3v) is 2.99. The van der Waals surface area contributed by atoms with Crippen LogP contribution in [0.4, 0.5) is 22.0 Å². The van der Waals surface area contributed by atoms with Crippen LogP contribution in [0, 0.1) is 29.1 Å². The maximum atomic E-state index is 13.5. The first-order valence-electron chi connectivity index (χ1n) is 5.62.